The monoisotopic (exact) mass is 620 g/mol. The van der Waals surface area contributed by atoms with Crippen LogP contribution in [0.1, 0.15) is 34.8 Å². The second-order valence-electron chi connectivity index (χ2n) is 10.9. The van der Waals surface area contributed by atoms with Crippen LogP contribution >= 0.6 is 0 Å². The lowest BCUT2D eigenvalue weighted by Crippen LogP contribution is -2.48. The van der Waals surface area contributed by atoms with Gasteiger partial charge in [0.1, 0.15) is 17.3 Å². The van der Waals surface area contributed by atoms with Gasteiger partial charge in [-0.3, -0.25) is 19.1 Å². The molecular formula is C31H31F3N8O3. The molecule has 1 atom stereocenters. The Balaban J connectivity index is 1.61. The fourth-order valence-electron chi connectivity index (χ4n) is 5.45. The first-order chi connectivity index (χ1) is 21.4. The number of carbonyl (C=O) groups excluding carboxylic acids is 2. The largest absolute Gasteiger partial charge is 0.416 e. The van der Waals surface area contributed by atoms with Crippen molar-refractivity contribution in [3.8, 4) is 28.8 Å². The van der Waals surface area contributed by atoms with E-state index >= 15 is 0 Å². The summed E-state index contributed by atoms with van der Waals surface area (Å²) in [6, 6.07) is 13.3. The number of halogens is 3. The Kier molecular flexibility index (Phi) is 8.65. The van der Waals surface area contributed by atoms with Crippen LogP contribution in [0, 0.1) is 11.3 Å². The molecule has 14 heteroatoms. The van der Waals surface area contributed by atoms with Crippen LogP contribution in [0.15, 0.2) is 65.6 Å². The Hall–Kier alpha value is -5.16. The van der Waals surface area contributed by atoms with E-state index < -0.39 is 29.2 Å². The molecule has 1 aliphatic rings. The van der Waals surface area contributed by atoms with E-state index in [-0.39, 0.29) is 28.5 Å². The highest BCUT2D eigenvalue weighted by Crippen LogP contribution is 2.31. The van der Waals surface area contributed by atoms with Crippen molar-refractivity contribution in [2.75, 3.05) is 33.2 Å². The predicted octanol–water partition coefficient (Wildman–Crippen LogP) is 3.20. The number of carbonyl (C=O) groups is 2. The molecule has 4 aromatic rings. The maximum absolute atomic E-state index is 14.0. The first-order valence-electron chi connectivity index (χ1n) is 14.2. The first kappa shape index (κ1) is 31.3. The Labute approximate surface area is 256 Å². The fraction of sp³-hybridized carbons (Fsp3) is 0.323. The Morgan fingerprint density at radius 1 is 1.00 bits per heavy atom. The van der Waals surface area contributed by atoms with Crippen LogP contribution in [0.2, 0.25) is 0 Å². The van der Waals surface area contributed by atoms with Crippen LogP contribution < -0.4 is 10.9 Å². The van der Waals surface area contributed by atoms with Crippen molar-refractivity contribution >= 4 is 11.8 Å². The number of aromatic nitrogens is 4. The van der Waals surface area contributed by atoms with Crippen molar-refractivity contribution in [3.63, 3.8) is 0 Å². The van der Waals surface area contributed by atoms with Crippen molar-refractivity contribution in [3.05, 3.63) is 87.8 Å². The third-order valence-electron chi connectivity index (χ3n) is 7.79. The Bertz CT molecular complexity index is 1830. The number of nitriles is 1. The quantitative estimate of drug-likeness (QED) is 0.354. The highest BCUT2D eigenvalue weighted by atomic mass is 19.4. The van der Waals surface area contributed by atoms with Gasteiger partial charge in [-0.25, -0.2) is 9.36 Å². The van der Waals surface area contributed by atoms with Crippen LogP contribution in [0.25, 0.3) is 22.8 Å². The van der Waals surface area contributed by atoms with Gasteiger partial charge in [-0.05, 0) is 75.5 Å². The molecule has 1 N–H and O–H groups in total. The van der Waals surface area contributed by atoms with Crippen molar-refractivity contribution in [1.29, 1.82) is 5.26 Å². The standard InChI is InChI=1S/C31H31F3N8O3/c1-20(29(44)40-15-5-14-38(2)16-17-40)37-28(43)26-27(25-12-13-36-41(25)23-10-8-21(19-35)9-11-23)39(3)42(30(26)45)24-7-4-6-22(18-24)31(32,33)34/h4,6-13,18,20H,5,14-17H2,1-3H3,(H,37,43)/t20-/m0/s1. The van der Waals surface area contributed by atoms with Gasteiger partial charge in [-0.2, -0.15) is 23.5 Å². The maximum atomic E-state index is 14.0. The first-order valence-corrected chi connectivity index (χ1v) is 14.2. The van der Waals surface area contributed by atoms with E-state index in [9.17, 15) is 32.8 Å². The molecule has 0 saturated carbocycles. The smallest absolute Gasteiger partial charge is 0.340 e. The molecule has 45 heavy (non-hydrogen) atoms. The lowest BCUT2D eigenvalue weighted by molar-refractivity contribution is -0.137. The fourth-order valence-corrected chi connectivity index (χ4v) is 5.45. The van der Waals surface area contributed by atoms with Gasteiger partial charge < -0.3 is 15.1 Å². The lowest BCUT2D eigenvalue weighted by Gasteiger charge is -2.24. The molecule has 3 heterocycles. The average molecular weight is 621 g/mol. The normalized spacial score (nSPS) is 14.9. The van der Waals surface area contributed by atoms with Gasteiger partial charge in [0, 0.05) is 26.7 Å². The molecule has 1 aliphatic heterocycles. The molecule has 5 rings (SSSR count). The SMILES string of the molecule is C[C@H](NC(=O)c1c(-c2ccnn2-c2ccc(C#N)cc2)n(C)n(-c2cccc(C(F)(F)F)c2)c1=O)C(=O)N1CCCN(C)CC1. The highest BCUT2D eigenvalue weighted by molar-refractivity contribution is 6.02. The van der Waals surface area contributed by atoms with E-state index in [0.717, 1.165) is 29.8 Å². The number of nitrogens with one attached hydrogen (secondary N) is 1. The summed E-state index contributed by atoms with van der Waals surface area (Å²) in [6.07, 6.45) is -2.45. The van der Waals surface area contributed by atoms with E-state index in [1.165, 1.54) is 41.7 Å². The van der Waals surface area contributed by atoms with Crippen LogP contribution in [0.5, 0.6) is 0 Å². The van der Waals surface area contributed by atoms with Crippen LogP contribution in [0.3, 0.4) is 0 Å². The summed E-state index contributed by atoms with van der Waals surface area (Å²) in [7, 11) is 3.42. The molecule has 234 valence electrons. The molecule has 1 saturated heterocycles. The van der Waals surface area contributed by atoms with Gasteiger partial charge in [0.15, 0.2) is 0 Å². The van der Waals surface area contributed by atoms with Gasteiger partial charge >= 0.3 is 6.18 Å². The number of alkyl halides is 3. The van der Waals surface area contributed by atoms with Gasteiger partial charge in [-0.15, -0.1) is 0 Å². The summed E-state index contributed by atoms with van der Waals surface area (Å²) in [5.41, 5.74) is -1.07. The summed E-state index contributed by atoms with van der Waals surface area (Å²) in [4.78, 5) is 45.0. The average Bonchev–Trinajstić information content (AvgIpc) is 3.51. The number of amides is 2. The van der Waals surface area contributed by atoms with E-state index in [2.05, 4.69) is 15.3 Å². The minimum atomic E-state index is -4.67. The third kappa shape index (κ3) is 6.25. The molecule has 0 aliphatic carbocycles. The zero-order valence-corrected chi connectivity index (χ0v) is 24.9. The summed E-state index contributed by atoms with van der Waals surface area (Å²) < 4.78 is 44.5. The van der Waals surface area contributed by atoms with E-state index in [1.54, 1.807) is 35.2 Å². The summed E-state index contributed by atoms with van der Waals surface area (Å²) in [6.45, 7) is 4.05. The topological polar surface area (TPSA) is 121 Å². The molecule has 0 bridgehead atoms. The lowest BCUT2D eigenvalue weighted by atomic mass is 10.1. The van der Waals surface area contributed by atoms with E-state index in [1.807, 2.05) is 13.1 Å². The number of likely N-dealkylation sites (N-methyl/N-ethyl adjacent to an activating group) is 1. The van der Waals surface area contributed by atoms with Gasteiger partial charge in [0.05, 0.1) is 40.5 Å². The number of hydrogen-bond donors (Lipinski definition) is 1. The zero-order chi connectivity index (χ0) is 32.5. The molecule has 2 amide bonds. The van der Waals surface area contributed by atoms with E-state index in [4.69, 9.17) is 0 Å². The van der Waals surface area contributed by atoms with Gasteiger partial charge in [-0.1, -0.05) is 6.07 Å². The number of nitrogens with zero attached hydrogens (tertiary/aromatic N) is 7. The summed E-state index contributed by atoms with van der Waals surface area (Å²) in [5.74, 6) is -1.17. The van der Waals surface area contributed by atoms with Crippen LogP contribution in [0.4, 0.5) is 13.2 Å². The molecule has 1 fully saturated rings. The van der Waals surface area contributed by atoms with Gasteiger partial charge in [0.2, 0.25) is 5.91 Å². The highest BCUT2D eigenvalue weighted by Gasteiger charge is 2.33. The molecule has 0 unspecified atom stereocenters. The minimum absolute atomic E-state index is 0.0628. The predicted molar refractivity (Wildman–Crippen MR) is 159 cm³/mol. The molecule has 2 aromatic heterocycles. The summed E-state index contributed by atoms with van der Waals surface area (Å²) >= 11 is 0. The number of benzene rings is 2. The second-order valence-corrected chi connectivity index (χ2v) is 10.9. The third-order valence-corrected chi connectivity index (χ3v) is 7.79. The van der Waals surface area contributed by atoms with Crippen LogP contribution in [-0.2, 0) is 18.0 Å². The van der Waals surface area contributed by atoms with Crippen molar-refractivity contribution in [2.24, 2.45) is 7.05 Å². The zero-order valence-electron chi connectivity index (χ0n) is 24.9. The maximum Gasteiger partial charge on any atom is 0.416 e. The van der Waals surface area contributed by atoms with E-state index in [0.29, 0.717) is 30.9 Å². The second kappa shape index (κ2) is 12.4. The van der Waals surface area contributed by atoms with Crippen LogP contribution in [-0.4, -0.2) is 80.0 Å². The van der Waals surface area contributed by atoms with Crippen molar-refractivity contribution in [2.45, 2.75) is 25.6 Å². The van der Waals surface area contributed by atoms with Crippen molar-refractivity contribution in [1.82, 2.24) is 34.3 Å². The Morgan fingerprint density at radius 2 is 1.73 bits per heavy atom. The number of rotatable bonds is 6. The molecule has 11 nitrogen and oxygen atoms in total. The van der Waals surface area contributed by atoms with Gasteiger partial charge in [0.25, 0.3) is 11.5 Å². The molecule has 0 radical (unpaired) electrons. The minimum Gasteiger partial charge on any atom is -0.340 e. The molecular weight excluding hydrogens is 589 g/mol. The van der Waals surface area contributed by atoms with Crippen molar-refractivity contribution < 1.29 is 22.8 Å². The summed E-state index contributed by atoms with van der Waals surface area (Å²) in [5, 5.41) is 16.2. The Morgan fingerprint density at radius 3 is 2.42 bits per heavy atom. The molecule has 2 aromatic carbocycles. The number of hydrogen-bond acceptors (Lipinski definition) is 6. The molecule has 0 spiro atoms.